The van der Waals surface area contributed by atoms with Gasteiger partial charge in [0.15, 0.2) is 0 Å². The fourth-order valence-corrected chi connectivity index (χ4v) is 3.72. The molecule has 1 N–H and O–H groups in total. The van der Waals surface area contributed by atoms with Gasteiger partial charge in [0.2, 0.25) is 0 Å². The molecule has 28 heavy (non-hydrogen) atoms. The summed E-state index contributed by atoms with van der Waals surface area (Å²) < 4.78 is 21.0. The van der Waals surface area contributed by atoms with E-state index < -0.39 is 0 Å². The number of nitrogens with zero attached hydrogens (tertiary/aromatic N) is 4. The van der Waals surface area contributed by atoms with Crippen molar-refractivity contribution in [3.05, 3.63) is 48.7 Å². The number of imidazole rings is 1. The molecule has 1 aromatic carbocycles. The average molecular weight is 382 g/mol. The molecule has 146 valence electrons. The van der Waals surface area contributed by atoms with Crippen LogP contribution in [-0.4, -0.2) is 37.3 Å². The maximum Gasteiger partial charge on any atom is 0.316 e. The topological polar surface area (TPSA) is 73.1 Å². The lowest BCUT2D eigenvalue weighted by Crippen LogP contribution is -2.21. The zero-order valence-electron chi connectivity index (χ0n) is 15.8. The number of aliphatic hydroxyl groups excluding tert-OH is 1. The van der Waals surface area contributed by atoms with Gasteiger partial charge in [-0.15, -0.1) is 0 Å². The van der Waals surface area contributed by atoms with Gasteiger partial charge in [0.25, 0.3) is 0 Å². The Morgan fingerprint density at radius 2 is 1.86 bits per heavy atom. The van der Waals surface area contributed by atoms with E-state index in [9.17, 15) is 9.50 Å². The Hall–Kier alpha value is -2.80. The van der Waals surface area contributed by atoms with Crippen molar-refractivity contribution in [2.75, 3.05) is 6.61 Å². The number of benzene rings is 1. The normalized spacial score (nSPS) is 19.5. The fourth-order valence-electron chi connectivity index (χ4n) is 3.72. The Morgan fingerprint density at radius 1 is 1.11 bits per heavy atom. The average Bonchev–Trinajstić information content (AvgIpc) is 3.15. The molecule has 6 nitrogen and oxygen atoms in total. The summed E-state index contributed by atoms with van der Waals surface area (Å²) in [5, 5.41) is 9.87. The quantitative estimate of drug-likeness (QED) is 0.721. The molecule has 4 rings (SSSR count). The highest BCUT2D eigenvalue weighted by Crippen LogP contribution is 2.37. The summed E-state index contributed by atoms with van der Waals surface area (Å²) in [6.07, 6.45) is 6.53. The Morgan fingerprint density at radius 3 is 2.57 bits per heavy atom. The third kappa shape index (κ3) is 3.75. The van der Waals surface area contributed by atoms with E-state index in [1.165, 1.54) is 12.1 Å². The lowest BCUT2D eigenvalue weighted by molar-refractivity contribution is 0.111. The predicted octanol–water partition coefficient (Wildman–Crippen LogP) is 4.02. The second-order valence-corrected chi connectivity index (χ2v) is 6.98. The number of rotatable bonds is 5. The number of halogens is 1. The molecule has 2 aromatic heterocycles. The van der Waals surface area contributed by atoms with Crippen LogP contribution in [0.15, 0.2) is 42.9 Å². The Bertz CT molecular complexity index is 934. The molecule has 0 bridgehead atoms. The lowest BCUT2D eigenvalue weighted by Gasteiger charge is -2.28. The van der Waals surface area contributed by atoms with E-state index in [0.717, 1.165) is 42.6 Å². The number of hydrogen-bond acceptors (Lipinski definition) is 5. The molecule has 0 amide bonds. The van der Waals surface area contributed by atoms with Gasteiger partial charge in [-0.25, -0.2) is 14.4 Å². The highest BCUT2D eigenvalue weighted by Gasteiger charge is 2.26. The monoisotopic (exact) mass is 382 g/mol. The third-order valence-electron chi connectivity index (χ3n) is 5.12. The summed E-state index contributed by atoms with van der Waals surface area (Å²) in [7, 11) is 0. The predicted molar refractivity (Wildman–Crippen MR) is 103 cm³/mol. The maximum absolute atomic E-state index is 13.4. The number of aromatic nitrogens is 4. The summed E-state index contributed by atoms with van der Waals surface area (Å²) in [5.74, 6) is -0.285. The summed E-state index contributed by atoms with van der Waals surface area (Å²) in [4.78, 5) is 13.4. The van der Waals surface area contributed by atoms with Gasteiger partial charge in [0.05, 0.1) is 36.1 Å². The Balaban J connectivity index is 1.81. The summed E-state index contributed by atoms with van der Waals surface area (Å²) >= 11 is 0. The molecule has 0 aliphatic heterocycles. The van der Waals surface area contributed by atoms with Gasteiger partial charge in [-0.1, -0.05) is 0 Å². The van der Waals surface area contributed by atoms with Gasteiger partial charge in [-0.05, 0) is 62.9 Å². The second kappa shape index (κ2) is 8.06. The molecule has 1 saturated carbocycles. The first-order valence-corrected chi connectivity index (χ1v) is 9.62. The molecule has 3 aromatic rings. The molecular formula is C21H23FN4O2. The first kappa shape index (κ1) is 18.6. The molecule has 0 radical (unpaired) electrons. The molecule has 0 saturated heterocycles. The number of aliphatic hydroxyl groups is 1. The second-order valence-electron chi connectivity index (χ2n) is 6.98. The van der Waals surface area contributed by atoms with Gasteiger partial charge in [0.1, 0.15) is 5.82 Å². The number of ether oxygens (including phenoxy) is 1. The van der Waals surface area contributed by atoms with Gasteiger partial charge in [-0.2, -0.15) is 4.98 Å². The molecule has 1 fully saturated rings. The van der Waals surface area contributed by atoms with E-state index in [-0.39, 0.29) is 18.0 Å². The largest absolute Gasteiger partial charge is 0.464 e. The van der Waals surface area contributed by atoms with Crippen molar-refractivity contribution in [3.63, 3.8) is 0 Å². The molecule has 1 aliphatic rings. The number of hydrogen-bond donors (Lipinski definition) is 1. The first-order valence-electron chi connectivity index (χ1n) is 9.62. The molecule has 0 atom stereocenters. The molecule has 0 unspecified atom stereocenters. The Labute approximate surface area is 163 Å². The van der Waals surface area contributed by atoms with Crippen molar-refractivity contribution in [2.45, 2.75) is 44.8 Å². The molecule has 1 aliphatic carbocycles. The van der Waals surface area contributed by atoms with Crippen LogP contribution in [0, 0.1) is 5.82 Å². The van der Waals surface area contributed by atoms with Crippen LogP contribution in [-0.2, 0) is 0 Å². The van der Waals surface area contributed by atoms with Crippen LogP contribution >= 0.6 is 0 Å². The zero-order chi connectivity index (χ0) is 19.5. The van der Waals surface area contributed by atoms with Crippen molar-refractivity contribution < 1.29 is 14.2 Å². The van der Waals surface area contributed by atoms with Crippen molar-refractivity contribution in [3.8, 4) is 28.7 Å². The van der Waals surface area contributed by atoms with E-state index in [4.69, 9.17) is 4.74 Å². The van der Waals surface area contributed by atoms with E-state index in [1.807, 2.05) is 19.3 Å². The smallest absolute Gasteiger partial charge is 0.316 e. The summed E-state index contributed by atoms with van der Waals surface area (Å²) in [6, 6.07) is 8.69. The van der Waals surface area contributed by atoms with Crippen LogP contribution in [0.1, 0.15) is 38.6 Å². The lowest BCUT2D eigenvalue weighted by atomic mass is 9.92. The van der Waals surface area contributed by atoms with Crippen LogP contribution in [0.4, 0.5) is 4.39 Å². The van der Waals surface area contributed by atoms with Gasteiger partial charge >= 0.3 is 6.01 Å². The molecule has 7 heteroatoms. The third-order valence-corrected chi connectivity index (χ3v) is 5.12. The van der Waals surface area contributed by atoms with E-state index in [2.05, 4.69) is 19.5 Å². The highest BCUT2D eigenvalue weighted by atomic mass is 19.1. The van der Waals surface area contributed by atoms with Crippen LogP contribution < -0.4 is 4.74 Å². The van der Waals surface area contributed by atoms with E-state index >= 15 is 0 Å². The first-order chi connectivity index (χ1) is 13.7. The summed E-state index contributed by atoms with van der Waals surface area (Å²) in [6.45, 7) is 2.37. The maximum atomic E-state index is 13.4. The highest BCUT2D eigenvalue weighted by molar-refractivity contribution is 5.77. The molecular weight excluding hydrogens is 359 g/mol. The van der Waals surface area contributed by atoms with Crippen molar-refractivity contribution in [2.24, 2.45) is 0 Å². The minimum absolute atomic E-state index is 0.227. The SMILES string of the molecule is CCOc1nccc(-c2c(-c3ccc(F)cc3)ncn2[C@H]2CC[C@H](O)CC2)n1. The molecule has 2 heterocycles. The zero-order valence-corrected chi connectivity index (χ0v) is 15.8. The van der Waals surface area contributed by atoms with Gasteiger partial charge < -0.3 is 14.4 Å². The van der Waals surface area contributed by atoms with Crippen molar-refractivity contribution in [1.82, 2.24) is 19.5 Å². The van der Waals surface area contributed by atoms with E-state index in [1.54, 1.807) is 18.3 Å². The minimum atomic E-state index is -0.285. The van der Waals surface area contributed by atoms with Crippen molar-refractivity contribution in [1.29, 1.82) is 0 Å². The van der Waals surface area contributed by atoms with Gasteiger partial charge in [0, 0.05) is 17.8 Å². The van der Waals surface area contributed by atoms with Crippen LogP contribution in [0.2, 0.25) is 0 Å². The van der Waals surface area contributed by atoms with Crippen LogP contribution in [0.5, 0.6) is 6.01 Å². The minimum Gasteiger partial charge on any atom is -0.464 e. The molecule has 0 spiro atoms. The van der Waals surface area contributed by atoms with Crippen molar-refractivity contribution >= 4 is 0 Å². The van der Waals surface area contributed by atoms with Crippen LogP contribution in [0.25, 0.3) is 22.6 Å². The van der Waals surface area contributed by atoms with Gasteiger partial charge in [-0.3, -0.25) is 0 Å². The fraction of sp³-hybridized carbons (Fsp3) is 0.381. The van der Waals surface area contributed by atoms with E-state index in [0.29, 0.717) is 18.3 Å². The summed E-state index contributed by atoms with van der Waals surface area (Å²) in [5.41, 5.74) is 3.13. The van der Waals surface area contributed by atoms with Crippen LogP contribution in [0.3, 0.4) is 0 Å². The Kier molecular flexibility index (Phi) is 5.34. The standard InChI is InChI=1S/C21H23FN4O2/c1-2-28-21-23-12-11-18(25-21)20-19(14-3-5-15(22)6-4-14)24-13-26(20)16-7-9-17(27)10-8-16/h3-6,11-13,16-17,27H,2,7-10H2,1H3/t16-,17-.